The summed E-state index contributed by atoms with van der Waals surface area (Å²) in [6.45, 7) is 6.49. The molecule has 0 heterocycles. The molecule has 0 aromatic heterocycles. The third kappa shape index (κ3) is 3.50. The maximum atomic E-state index is 5.78. The largest absolute Gasteiger partial charge is 0.544 e. The molecule has 0 saturated carbocycles. The maximum absolute atomic E-state index is 5.78. The standard InChI is InChI=1S/C10H16O2Si/c1-11-9-5-7-10(8-6-9)12-13(2,3)4/h5-8H,1-4H3. The minimum atomic E-state index is -1.47. The summed E-state index contributed by atoms with van der Waals surface area (Å²) < 4.78 is 10.8. The molecule has 3 heteroatoms. The minimum Gasteiger partial charge on any atom is -0.544 e. The second-order valence-corrected chi connectivity index (χ2v) is 8.32. The van der Waals surface area contributed by atoms with Crippen molar-refractivity contribution < 1.29 is 9.16 Å². The van der Waals surface area contributed by atoms with Crippen molar-refractivity contribution in [3.8, 4) is 11.5 Å². The number of ether oxygens (including phenoxy) is 1. The van der Waals surface area contributed by atoms with Gasteiger partial charge in [-0.2, -0.15) is 0 Å². The fraction of sp³-hybridized carbons (Fsp3) is 0.400. The van der Waals surface area contributed by atoms with Gasteiger partial charge in [0.25, 0.3) is 0 Å². The first-order chi connectivity index (χ1) is 6.01. The first kappa shape index (κ1) is 10.1. The van der Waals surface area contributed by atoms with E-state index in [0.29, 0.717) is 0 Å². The Morgan fingerprint density at radius 1 is 0.923 bits per heavy atom. The third-order valence-corrected chi connectivity index (χ3v) is 2.33. The van der Waals surface area contributed by atoms with Gasteiger partial charge in [-0.25, -0.2) is 0 Å². The Morgan fingerprint density at radius 2 is 1.38 bits per heavy atom. The van der Waals surface area contributed by atoms with Crippen LogP contribution in [0.1, 0.15) is 0 Å². The number of hydrogen-bond acceptors (Lipinski definition) is 2. The molecular formula is C10H16O2Si. The Bertz CT molecular complexity index is 261. The van der Waals surface area contributed by atoms with Crippen LogP contribution in [-0.4, -0.2) is 15.4 Å². The third-order valence-electron chi connectivity index (χ3n) is 1.48. The van der Waals surface area contributed by atoms with Gasteiger partial charge in [0, 0.05) is 0 Å². The van der Waals surface area contributed by atoms with Crippen molar-refractivity contribution in [3.05, 3.63) is 24.3 Å². The van der Waals surface area contributed by atoms with E-state index in [9.17, 15) is 0 Å². The van der Waals surface area contributed by atoms with E-state index < -0.39 is 8.32 Å². The summed E-state index contributed by atoms with van der Waals surface area (Å²) in [6, 6.07) is 7.71. The van der Waals surface area contributed by atoms with Gasteiger partial charge >= 0.3 is 0 Å². The summed E-state index contributed by atoms with van der Waals surface area (Å²) in [5.41, 5.74) is 0. The van der Waals surface area contributed by atoms with Crippen LogP contribution in [-0.2, 0) is 0 Å². The molecule has 1 aromatic rings. The summed E-state index contributed by atoms with van der Waals surface area (Å²) in [5.74, 6) is 1.79. The predicted molar refractivity (Wildman–Crippen MR) is 57.0 cm³/mol. The molecule has 0 unspecified atom stereocenters. The lowest BCUT2D eigenvalue weighted by atomic mass is 10.3. The van der Waals surface area contributed by atoms with E-state index in [1.807, 2.05) is 24.3 Å². The Hall–Kier alpha value is -0.963. The summed E-state index contributed by atoms with van der Waals surface area (Å²) in [5, 5.41) is 0. The molecule has 0 amide bonds. The first-order valence-electron chi connectivity index (χ1n) is 4.34. The van der Waals surface area contributed by atoms with Gasteiger partial charge in [-0.3, -0.25) is 0 Å². The molecular weight excluding hydrogens is 180 g/mol. The number of hydrogen-bond donors (Lipinski definition) is 0. The highest BCUT2D eigenvalue weighted by atomic mass is 28.4. The summed E-state index contributed by atoms with van der Waals surface area (Å²) >= 11 is 0. The quantitative estimate of drug-likeness (QED) is 0.692. The average molecular weight is 196 g/mol. The second kappa shape index (κ2) is 3.83. The highest BCUT2D eigenvalue weighted by molar-refractivity contribution is 6.70. The second-order valence-electron chi connectivity index (χ2n) is 3.89. The van der Waals surface area contributed by atoms with E-state index in [4.69, 9.17) is 9.16 Å². The predicted octanol–water partition coefficient (Wildman–Crippen LogP) is 2.91. The highest BCUT2D eigenvalue weighted by Crippen LogP contribution is 2.19. The summed E-state index contributed by atoms with van der Waals surface area (Å²) in [7, 11) is 0.195. The zero-order chi connectivity index (χ0) is 9.90. The van der Waals surface area contributed by atoms with E-state index in [2.05, 4.69) is 19.6 Å². The zero-order valence-electron chi connectivity index (χ0n) is 8.63. The van der Waals surface area contributed by atoms with Crippen molar-refractivity contribution in [3.63, 3.8) is 0 Å². The molecule has 1 aromatic carbocycles. The molecule has 2 nitrogen and oxygen atoms in total. The van der Waals surface area contributed by atoms with Crippen LogP contribution >= 0.6 is 0 Å². The van der Waals surface area contributed by atoms with Crippen LogP contribution in [0.4, 0.5) is 0 Å². The number of rotatable bonds is 3. The molecule has 0 aliphatic heterocycles. The molecule has 1 rings (SSSR count). The monoisotopic (exact) mass is 196 g/mol. The lowest BCUT2D eigenvalue weighted by molar-refractivity contribution is 0.414. The van der Waals surface area contributed by atoms with Crippen molar-refractivity contribution in [2.45, 2.75) is 19.6 Å². The fourth-order valence-electron chi connectivity index (χ4n) is 0.997. The normalized spacial score (nSPS) is 11.1. The number of methoxy groups -OCH3 is 1. The Morgan fingerprint density at radius 3 is 1.77 bits per heavy atom. The topological polar surface area (TPSA) is 18.5 Å². The van der Waals surface area contributed by atoms with Gasteiger partial charge in [0.15, 0.2) is 0 Å². The lowest BCUT2D eigenvalue weighted by Crippen LogP contribution is -2.29. The van der Waals surface area contributed by atoms with E-state index >= 15 is 0 Å². The fourth-order valence-corrected chi connectivity index (χ4v) is 1.84. The van der Waals surface area contributed by atoms with E-state index in [0.717, 1.165) is 11.5 Å². The summed E-state index contributed by atoms with van der Waals surface area (Å²) in [6.07, 6.45) is 0. The van der Waals surface area contributed by atoms with Crippen LogP contribution in [0.5, 0.6) is 11.5 Å². The smallest absolute Gasteiger partial charge is 0.242 e. The van der Waals surface area contributed by atoms with Crippen molar-refractivity contribution in [2.75, 3.05) is 7.11 Å². The van der Waals surface area contributed by atoms with Crippen LogP contribution in [0, 0.1) is 0 Å². The van der Waals surface area contributed by atoms with Gasteiger partial charge in [0.1, 0.15) is 11.5 Å². The van der Waals surface area contributed by atoms with Crippen molar-refractivity contribution in [1.82, 2.24) is 0 Å². The van der Waals surface area contributed by atoms with Crippen LogP contribution in [0.25, 0.3) is 0 Å². The molecule has 72 valence electrons. The molecule has 0 aliphatic rings. The lowest BCUT2D eigenvalue weighted by Gasteiger charge is -2.19. The Balaban J connectivity index is 2.70. The molecule has 0 N–H and O–H groups in total. The average Bonchev–Trinajstić information content (AvgIpc) is 2.03. The van der Waals surface area contributed by atoms with Gasteiger partial charge in [0.05, 0.1) is 7.11 Å². The SMILES string of the molecule is COc1ccc(O[Si](C)(C)C)cc1. The van der Waals surface area contributed by atoms with Gasteiger partial charge in [-0.15, -0.1) is 0 Å². The van der Waals surface area contributed by atoms with Gasteiger partial charge < -0.3 is 9.16 Å². The molecule has 0 fully saturated rings. The molecule has 0 atom stereocenters. The summed E-state index contributed by atoms with van der Waals surface area (Å²) in [4.78, 5) is 0. The van der Waals surface area contributed by atoms with Crippen LogP contribution < -0.4 is 9.16 Å². The van der Waals surface area contributed by atoms with Gasteiger partial charge in [-0.05, 0) is 43.9 Å². The van der Waals surface area contributed by atoms with Crippen molar-refractivity contribution in [2.24, 2.45) is 0 Å². The van der Waals surface area contributed by atoms with E-state index in [1.54, 1.807) is 7.11 Å². The molecule has 0 radical (unpaired) electrons. The zero-order valence-corrected chi connectivity index (χ0v) is 9.63. The van der Waals surface area contributed by atoms with E-state index in [-0.39, 0.29) is 0 Å². The minimum absolute atomic E-state index is 0.864. The molecule has 0 aliphatic carbocycles. The van der Waals surface area contributed by atoms with Crippen LogP contribution in [0.2, 0.25) is 19.6 Å². The van der Waals surface area contributed by atoms with Crippen LogP contribution in [0.15, 0.2) is 24.3 Å². The maximum Gasteiger partial charge on any atom is 0.242 e. The number of benzene rings is 1. The highest BCUT2D eigenvalue weighted by Gasteiger charge is 2.15. The molecule has 13 heavy (non-hydrogen) atoms. The first-order valence-corrected chi connectivity index (χ1v) is 7.75. The molecule has 0 spiro atoms. The Kier molecular flexibility index (Phi) is 2.98. The van der Waals surface area contributed by atoms with Gasteiger partial charge in [-0.1, -0.05) is 0 Å². The van der Waals surface area contributed by atoms with E-state index in [1.165, 1.54) is 0 Å². The Labute approximate surface area is 80.6 Å². The van der Waals surface area contributed by atoms with Gasteiger partial charge in [0.2, 0.25) is 8.32 Å². The molecule has 0 saturated heterocycles. The molecule has 0 bridgehead atoms. The van der Waals surface area contributed by atoms with Crippen LogP contribution in [0.3, 0.4) is 0 Å². The van der Waals surface area contributed by atoms with Crippen molar-refractivity contribution >= 4 is 8.32 Å². The van der Waals surface area contributed by atoms with Crippen molar-refractivity contribution in [1.29, 1.82) is 0 Å².